The van der Waals surface area contributed by atoms with Gasteiger partial charge in [-0.1, -0.05) is 18.2 Å². The van der Waals surface area contributed by atoms with E-state index in [0.717, 1.165) is 12.4 Å². The van der Waals surface area contributed by atoms with Crippen molar-refractivity contribution in [2.75, 3.05) is 6.61 Å². The molecule has 0 aromatic heterocycles. The van der Waals surface area contributed by atoms with Gasteiger partial charge >= 0.3 is 0 Å². The van der Waals surface area contributed by atoms with Crippen LogP contribution in [0.3, 0.4) is 0 Å². The van der Waals surface area contributed by atoms with Crippen molar-refractivity contribution in [3.8, 4) is 5.75 Å². The van der Waals surface area contributed by atoms with Gasteiger partial charge in [0.25, 0.3) is 0 Å². The molecule has 1 aromatic rings. The third-order valence-corrected chi connectivity index (χ3v) is 2.40. The molecule has 1 heteroatoms. The van der Waals surface area contributed by atoms with Gasteiger partial charge in [0.05, 0.1) is 6.61 Å². The molecule has 64 valence electrons. The molecule has 12 heavy (non-hydrogen) atoms. The first kappa shape index (κ1) is 7.66. The fourth-order valence-electron chi connectivity index (χ4n) is 1.64. The fourth-order valence-corrected chi connectivity index (χ4v) is 1.64. The molecule has 1 unspecified atom stereocenters. The lowest BCUT2D eigenvalue weighted by Crippen LogP contribution is -2.05. The molecule has 0 fully saturated rings. The molecule has 0 N–H and O–H groups in total. The zero-order valence-electron chi connectivity index (χ0n) is 7.50. The predicted octanol–water partition coefficient (Wildman–Crippen LogP) is 2.78. The monoisotopic (exact) mass is 161 g/mol. The molecule has 0 radical (unpaired) electrons. The van der Waals surface area contributed by atoms with E-state index < -0.39 is 0 Å². The number of benzene rings is 1. The first-order valence-electron chi connectivity index (χ1n) is 4.31. The van der Waals surface area contributed by atoms with Crippen LogP contribution in [0.1, 0.15) is 25.3 Å². The molecule has 1 aliphatic heterocycles. The Balaban J connectivity index is 2.36. The van der Waals surface area contributed by atoms with E-state index in [4.69, 9.17) is 4.74 Å². The van der Waals surface area contributed by atoms with Gasteiger partial charge in [-0.15, -0.1) is 5.92 Å². The van der Waals surface area contributed by atoms with E-state index in [9.17, 15) is 0 Å². The summed E-state index contributed by atoms with van der Waals surface area (Å²) in [7, 11) is 0. The minimum Gasteiger partial charge on any atom is -0.495 e. The normalized spacial score (nSPS) is 20.8. The lowest BCUT2D eigenvalue weighted by atomic mass is 9.90. The number of hydrogen-bond acceptors (Lipinski definition) is 1. The van der Waals surface area contributed by atoms with Gasteiger partial charge in [0.15, 0.2) is 0 Å². The zero-order chi connectivity index (χ0) is 8.55. The molecular weight excluding hydrogens is 148 g/mol. The van der Waals surface area contributed by atoms with Crippen LogP contribution in [0.5, 0.6) is 5.75 Å². The molecule has 0 amide bonds. The van der Waals surface area contributed by atoms with Gasteiger partial charge in [-0.2, -0.15) is 13.8 Å². The van der Waals surface area contributed by atoms with Gasteiger partial charge < -0.3 is 10.7 Å². The summed E-state index contributed by atoms with van der Waals surface area (Å²) in [6.07, 6.45) is 0. The van der Waals surface area contributed by atoms with Crippen LogP contribution in [0.25, 0.3) is 0 Å². The van der Waals surface area contributed by atoms with Crippen LogP contribution in [-0.2, 0) is 0 Å². The smallest absolute Gasteiger partial charge is 0.120 e. The lowest BCUT2D eigenvalue weighted by Gasteiger charge is -2.25. The molecule has 1 aromatic carbocycles. The van der Waals surface area contributed by atoms with E-state index in [0.29, 0.717) is 5.92 Å². The van der Waals surface area contributed by atoms with Gasteiger partial charge in [-0.05, 0) is 11.6 Å². The van der Waals surface area contributed by atoms with Crippen molar-refractivity contribution in [1.82, 2.24) is 0 Å². The minimum absolute atomic E-state index is 0.515. The maximum atomic E-state index is 5.55. The van der Waals surface area contributed by atoms with E-state index in [2.05, 4.69) is 26.0 Å². The summed E-state index contributed by atoms with van der Waals surface area (Å²) in [5, 5.41) is 0. The van der Waals surface area contributed by atoms with E-state index >= 15 is 0 Å². The summed E-state index contributed by atoms with van der Waals surface area (Å²) in [4.78, 5) is 0. The Labute approximate surface area is 73.4 Å². The lowest BCUT2D eigenvalue weighted by molar-refractivity contribution is 0.334. The van der Waals surface area contributed by atoms with Crippen molar-refractivity contribution in [2.24, 2.45) is 0 Å². The molecule has 0 spiro atoms. The second kappa shape index (κ2) is 2.81. The van der Waals surface area contributed by atoms with Crippen molar-refractivity contribution in [3.63, 3.8) is 0 Å². The summed E-state index contributed by atoms with van der Waals surface area (Å²) < 4.78 is 5.55. The van der Waals surface area contributed by atoms with Crippen LogP contribution in [0, 0.1) is 5.92 Å². The maximum Gasteiger partial charge on any atom is 0.120 e. The third kappa shape index (κ3) is 1.09. The first-order chi connectivity index (χ1) is 5.79. The number of ether oxygens (including phenoxy) is 1. The molecule has 1 aliphatic rings. The molecule has 1 nitrogen and oxygen atoms in total. The Morgan fingerprint density at radius 2 is 2.08 bits per heavy atom. The molecule has 0 aliphatic carbocycles. The largest absolute Gasteiger partial charge is 0.495 e. The predicted molar refractivity (Wildman–Crippen MR) is 49.3 cm³/mol. The molecule has 2 rings (SSSR count). The molecule has 0 saturated carbocycles. The number of rotatable bonds is 1. The van der Waals surface area contributed by atoms with Crippen LogP contribution in [-0.4, -0.2) is 6.61 Å². The van der Waals surface area contributed by atoms with Crippen LogP contribution in [0.15, 0.2) is 24.3 Å². The van der Waals surface area contributed by atoms with Crippen LogP contribution >= 0.6 is 0 Å². The van der Waals surface area contributed by atoms with Crippen molar-refractivity contribution >= 4 is 0 Å². The summed E-state index contributed by atoms with van der Waals surface area (Å²) in [5.74, 6) is 3.00. The highest BCUT2D eigenvalue weighted by Crippen LogP contribution is 2.38. The summed E-state index contributed by atoms with van der Waals surface area (Å²) in [6, 6.07) is 8.29. The summed E-state index contributed by atoms with van der Waals surface area (Å²) in [5.41, 5.74) is 1.34. The first-order valence-corrected chi connectivity index (χ1v) is 4.31. The fraction of sp³-hybridized carbons (Fsp3) is 0.364. The molecule has 0 saturated heterocycles. The highest BCUT2D eigenvalue weighted by atomic mass is 16.5. The van der Waals surface area contributed by atoms with E-state index in [1.807, 2.05) is 12.1 Å². The topological polar surface area (TPSA) is 9.23 Å². The van der Waals surface area contributed by atoms with Crippen LogP contribution in [0.2, 0.25) is 0 Å². The molecule has 1 heterocycles. The van der Waals surface area contributed by atoms with Crippen LogP contribution < -0.4 is 4.74 Å². The standard InChI is InChI=1S/C11H13O/c1-8(2)10-7-12-11-6-4-3-5-9(10)11/h3-6,10H,7H2,1-2H3/q-1. The van der Waals surface area contributed by atoms with Gasteiger partial charge in [0, 0.05) is 0 Å². The van der Waals surface area contributed by atoms with Crippen LogP contribution in [0.4, 0.5) is 0 Å². The van der Waals surface area contributed by atoms with Crippen molar-refractivity contribution in [2.45, 2.75) is 19.8 Å². The SMILES string of the molecule is C[C-](C)C1COc2ccccc21. The van der Waals surface area contributed by atoms with Gasteiger partial charge in [-0.3, -0.25) is 0 Å². The van der Waals surface area contributed by atoms with Crippen molar-refractivity contribution < 1.29 is 4.74 Å². The average Bonchev–Trinajstić information content (AvgIpc) is 2.47. The average molecular weight is 161 g/mol. The van der Waals surface area contributed by atoms with Gasteiger partial charge in [-0.25, -0.2) is 0 Å². The second-order valence-electron chi connectivity index (χ2n) is 3.48. The quantitative estimate of drug-likeness (QED) is 0.575. The van der Waals surface area contributed by atoms with Crippen molar-refractivity contribution in [1.29, 1.82) is 0 Å². The Morgan fingerprint density at radius 1 is 1.33 bits per heavy atom. The maximum absolute atomic E-state index is 5.55. The molecule has 1 atom stereocenters. The van der Waals surface area contributed by atoms with Gasteiger partial charge in [0.2, 0.25) is 0 Å². The van der Waals surface area contributed by atoms with Crippen molar-refractivity contribution in [3.05, 3.63) is 35.7 Å². The highest BCUT2D eigenvalue weighted by Gasteiger charge is 2.18. The summed E-state index contributed by atoms with van der Waals surface area (Å²) >= 11 is 0. The van der Waals surface area contributed by atoms with E-state index in [1.165, 1.54) is 11.5 Å². The number of hydrogen-bond donors (Lipinski definition) is 0. The van der Waals surface area contributed by atoms with Gasteiger partial charge in [0.1, 0.15) is 5.75 Å². The molecule has 0 bridgehead atoms. The third-order valence-electron chi connectivity index (χ3n) is 2.40. The Morgan fingerprint density at radius 3 is 2.83 bits per heavy atom. The Bertz CT molecular complexity index is 278. The minimum atomic E-state index is 0.515. The molecular formula is C11H13O-. The Kier molecular flexibility index (Phi) is 1.80. The Hall–Kier alpha value is -0.980. The van der Waals surface area contributed by atoms with E-state index in [-0.39, 0.29) is 0 Å². The highest BCUT2D eigenvalue weighted by molar-refractivity contribution is 5.42. The van der Waals surface area contributed by atoms with E-state index in [1.54, 1.807) is 0 Å². The number of para-hydroxylation sites is 1. The summed E-state index contributed by atoms with van der Waals surface area (Å²) in [6.45, 7) is 5.15. The second-order valence-corrected chi connectivity index (χ2v) is 3.48. The number of fused-ring (bicyclic) bond motifs is 1. The zero-order valence-corrected chi connectivity index (χ0v) is 7.50.